The molecule has 3 nitrogen and oxygen atoms in total. The highest BCUT2D eigenvalue weighted by Crippen LogP contribution is 2.54. The molecule has 0 N–H and O–H groups in total. The quantitative estimate of drug-likeness (QED) is 0.681. The molecule has 1 saturated carbocycles. The first-order valence-corrected chi connectivity index (χ1v) is 5.21. The Hall–Kier alpha value is -1.39. The van der Waals surface area contributed by atoms with Crippen molar-refractivity contribution in [3.05, 3.63) is 23.2 Å². The Morgan fingerprint density at radius 2 is 2.00 bits per heavy atom. The number of hydrogen-bond acceptors (Lipinski definition) is 3. The normalized spacial score (nSPS) is 28.8. The van der Waals surface area contributed by atoms with Crippen molar-refractivity contribution in [2.45, 2.75) is 32.0 Å². The Kier molecular flexibility index (Phi) is 1.74. The van der Waals surface area contributed by atoms with Gasteiger partial charge in [0.15, 0.2) is 5.76 Å². The van der Waals surface area contributed by atoms with Crippen LogP contribution in [0.5, 0.6) is 0 Å². The summed E-state index contributed by atoms with van der Waals surface area (Å²) < 4.78 is 34.3. The molecule has 86 valence electrons. The maximum atomic E-state index is 12.8. The molecule has 0 aromatic carbocycles. The minimum absolute atomic E-state index is 0.0828. The van der Waals surface area contributed by atoms with Crippen molar-refractivity contribution in [2.24, 2.45) is 5.41 Å². The maximum absolute atomic E-state index is 12.8. The lowest BCUT2D eigenvalue weighted by molar-refractivity contribution is -0.336. The van der Waals surface area contributed by atoms with Gasteiger partial charge in [-0.05, 0) is 25.3 Å². The Morgan fingerprint density at radius 1 is 1.25 bits per heavy atom. The van der Waals surface area contributed by atoms with Crippen LogP contribution < -0.4 is 0 Å². The van der Waals surface area contributed by atoms with Crippen molar-refractivity contribution >= 4 is 6.29 Å². The van der Waals surface area contributed by atoms with Gasteiger partial charge < -0.3 is 14.3 Å². The SMILES string of the molecule is O=CC1(C2=CC3=C(CC2)OC(F)(F)O3)CC1. The molecule has 2 aliphatic carbocycles. The van der Waals surface area contributed by atoms with E-state index in [2.05, 4.69) is 9.47 Å². The first-order valence-electron chi connectivity index (χ1n) is 5.21. The summed E-state index contributed by atoms with van der Waals surface area (Å²) >= 11 is 0. The number of hydrogen-bond donors (Lipinski definition) is 0. The van der Waals surface area contributed by atoms with E-state index in [1.54, 1.807) is 6.08 Å². The third-order valence-electron chi connectivity index (χ3n) is 3.33. The molecule has 1 aliphatic heterocycles. The molecule has 3 rings (SSSR count). The van der Waals surface area contributed by atoms with E-state index in [1.165, 1.54) is 0 Å². The summed E-state index contributed by atoms with van der Waals surface area (Å²) in [6.45, 7) is 0. The van der Waals surface area contributed by atoms with Gasteiger partial charge in [0.25, 0.3) is 0 Å². The highest BCUT2D eigenvalue weighted by Gasteiger charge is 2.50. The molecule has 0 aromatic rings. The van der Waals surface area contributed by atoms with Crippen LogP contribution in [0.4, 0.5) is 8.78 Å². The Bertz CT molecular complexity index is 419. The zero-order valence-corrected chi connectivity index (χ0v) is 8.46. The third-order valence-corrected chi connectivity index (χ3v) is 3.33. The van der Waals surface area contributed by atoms with Gasteiger partial charge in [-0.15, -0.1) is 8.78 Å². The fraction of sp³-hybridized carbons (Fsp3) is 0.545. The minimum Gasteiger partial charge on any atom is -0.400 e. The van der Waals surface area contributed by atoms with Crippen LogP contribution in [0.15, 0.2) is 23.2 Å². The van der Waals surface area contributed by atoms with E-state index in [4.69, 9.17) is 0 Å². The number of halogens is 2. The summed E-state index contributed by atoms with van der Waals surface area (Å²) in [4.78, 5) is 10.9. The molecular weight excluding hydrogens is 218 g/mol. The Labute approximate surface area is 90.7 Å². The summed E-state index contributed by atoms with van der Waals surface area (Å²) in [5, 5.41) is 0. The highest BCUT2D eigenvalue weighted by atomic mass is 19.3. The smallest absolute Gasteiger partial charge is 0.400 e. The molecule has 16 heavy (non-hydrogen) atoms. The van der Waals surface area contributed by atoms with Crippen molar-refractivity contribution in [1.29, 1.82) is 0 Å². The lowest BCUT2D eigenvalue weighted by atomic mass is 9.89. The van der Waals surface area contributed by atoms with Gasteiger partial charge in [0.1, 0.15) is 12.0 Å². The van der Waals surface area contributed by atoms with Crippen molar-refractivity contribution in [3.8, 4) is 0 Å². The summed E-state index contributed by atoms with van der Waals surface area (Å²) in [7, 11) is 0. The van der Waals surface area contributed by atoms with Gasteiger partial charge in [0.05, 0.1) is 0 Å². The van der Waals surface area contributed by atoms with E-state index < -0.39 is 11.7 Å². The molecule has 1 heterocycles. The number of carbonyl (C=O) groups excluding carboxylic acids is 1. The van der Waals surface area contributed by atoms with Crippen LogP contribution in [-0.2, 0) is 14.3 Å². The maximum Gasteiger partial charge on any atom is 0.585 e. The second kappa shape index (κ2) is 2.84. The van der Waals surface area contributed by atoms with Crippen molar-refractivity contribution in [3.63, 3.8) is 0 Å². The average Bonchev–Trinajstić information content (AvgIpc) is 2.95. The number of carbonyl (C=O) groups is 1. The van der Waals surface area contributed by atoms with Gasteiger partial charge in [0.2, 0.25) is 0 Å². The second-order valence-corrected chi connectivity index (χ2v) is 4.40. The topological polar surface area (TPSA) is 35.5 Å². The van der Waals surface area contributed by atoms with Gasteiger partial charge in [-0.2, -0.15) is 0 Å². The molecular formula is C11H10F2O3. The summed E-state index contributed by atoms with van der Waals surface area (Å²) in [6, 6.07) is 0. The van der Waals surface area contributed by atoms with Crippen LogP contribution in [0.1, 0.15) is 25.7 Å². The molecule has 0 unspecified atom stereocenters. The van der Waals surface area contributed by atoms with Crippen LogP contribution in [-0.4, -0.2) is 12.6 Å². The van der Waals surface area contributed by atoms with Gasteiger partial charge in [-0.25, -0.2) is 0 Å². The summed E-state index contributed by atoms with van der Waals surface area (Å²) in [5.41, 5.74) is 0.488. The van der Waals surface area contributed by atoms with E-state index in [0.717, 1.165) is 24.7 Å². The van der Waals surface area contributed by atoms with Crippen LogP contribution in [0.3, 0.4) is 0 Å². The van der Waals surface area contributed by atoms with Crippen LogP contribution in [0.25, 0.3) is 0 Å². The van der Waals surface area contributed by atoms with E-state index in [0.29, 0.717) is 12.8 Å². The van der Waals surface area contributed by atoms with Gasteiger partial charge in [0, 0.05) is 11.8 Å². The zero-order chi connectivity index (χ0) is 11.4. The first kappa shape index (κ1) is 9.81. The van der Waals surface area contributed by atoms with E-state index >= 15 is 0 Å². The molecule has 3 aliphatic rings. The van der Waals surface area contributed by atoms with Crippen LogP contribution in [0.2, 0.25) is 0 Å². The predicted molar refractivity (Wildman–Crippen MR) is 49.2 cm³/mol. The molecule has 0 saturated heterocycles. The van der Waals surface area contributed by atoms with E-state index in [-0.39, 0.29) is 11.5 Å². The molecule has 0 aromatic heterocycles. The predicted octanol–water partition coefficient (Wildman–Crippen LogP) is 2.49. The van der Waals surface area contributed by atoms with Gasteiger partial charge in [-0.1, -0.05) is 5.57 Å². The van der Waals surface area contributed by atoms with Gasteiger partial charge >= 0.3 is 6.29 Å². The monoisotopic (exact) mass is 228 g/mol. The minimum atomic E-state index is -3.55. The lowest BCUT2D eigenvalue weighted by Crippen LogP contribution is -2.16. The fourth-order valence-corrected chi connectivity index (χ4v) is 2.20. The molecule has 0 bridgehead atoms. The highest BCUT2D eigenvalue weighted by molar-refractivity contribution is 5.70. The van der Waals surface area contributed by atoms with Gasteiger partial charge in [-0.3, -0.25) is 0 Å². The molecule has 0 atom stereocenters. The van der Waals surface area contributed by atoms with Crippen molar-refractivity contribution in [2.75, 3.05) is 0 Å². The van der Waals surface area contributed by atoms with Crippen molar-refractivity contribution < 1.29 is 23.0 Å². The van der Waals surface area contributed by atoms with Crippen molar-refractivity contribution in [1.82, 2.24) is 0 Å². The molecule has 0 spiro atoms. The van der Waals surface area contributed by atoms with E-state index in [1.807, 2.05) is 0 Å². The molecule has 5 heteroatoms. The molecule has 1 fully saturated rings. The summed E-state index contributed by atoms with van der Waals surface area (Å²) in [6.07, 6.45) is 1.50. The largest absolute Gasteiger partial charge is 0.585 e. The van der Waals surface area contributed by atoms with Crippen LogP contribution >= 0.6 is 0 Å². The number of rotatable bonds is 2. The molecule has 0 amide bonds. The van der Waals surface area contributed by atoms with Crippen LogP contribution in [0, 0.1) is 5.41 Å². The second-order valence-electron chi connectivity index (χ2n) is 4.40. The molecule has 0 radical (unpaired) electrons. The first-order chi connectivity index (χ1) is 7.55. The Morgan fingerprint density at radius 3 is 2.62 bits per heavy atom. The number of alkyl halides is 2. The standard InChI is InChI=1S/C11H10F2O3/c12-11(13)15-8-2-1-7(5-9(8)16-11)10(6-14)3-4-10/h5-6H,1-4H2. The Balaban J connectivity index is 1.89. The number of aldehydes is 1. The lowest BCUT2D eigenvalue weighted by Gasteiger charge is -2.16. The zero-order valence-electron chi connectivity index (χ0n) is 8.46. The summed E-state index contributed by atoms with van der Waals surface area (Å²) in [5.74, 6) is 0.273. The number of allylic oxidation sites excluding steroid dienone is 3. The van der Waals surface area contributed by atoms with E-state index in [9.17, 15) is 13.6 Å². The average molecular weight is 228 g/mol. The fourth-order valence-electron chi connectivity index (χ4n) is 2.20. The number of ether oxygens (including phenoxy) is 2. The third kappa shape index (κ3) is 1.34.